The normalized spacial score (nSPS) is 11.9. The van der Waals surface area contributed by atoms with Crippen LogP contribution in [0, 0.1) is 5.82 Å². The fourth-order valence-corrected chi connectivity index (χ4v) is 3.77. The van der Waals surface area contributed by atoms with Gasteiger partial charge >= 0.3 is 0 Å². The van der Waals surface area contributed by atoms with Gasteiger partial charge in [-0.2, -0.15) is 0 Å². The minimum atomic E-state index is -0.371. The number of halogens is 2. The van der Waals surface area contributed by atoms with Crippen LogP contribution >= 0.6 is 12.4 Å². The molecule has 0 radical (unpaired) electrons. The van der Waals surface area contributed by atoms with E-state index in [2.05, 4.69) is 4.98 Å². The Morgan fingerprint density at radius 1 is 1.00 bits per heavy atom. The van der Waals surface area contributed by atoms with Crippen LogP contribution in [0.3, 0.4) is 0 Å². The van der Waals surface area contributed by atoms with Crippen molar-refractivity contribution in [3.8, 4) is 28.4 Å². The van der Waals surface area contributed by atoms with Gasteiger partial charge in [-0.3, -0.25) is 9.69 Å². The quantitative estimate of drug-likeness (QED) is 0.432. The van der Waals surface area contributed by atoms with Gasteiger partial charge in [-0.1, -0.05) is 18.2 Å². The van der Waals surface area contributed by atoms with Crippen LogP contribution < -0.4 is 9.64 Å². The number of ether oxygens (including phenoxy) is 1. The molecule has 1 amide bonds. The Bertz CT molecular complexity index is 1240. The minimum Gasteiger partial charge on any atom is -0.497 e. The molecular weight excluding hydrogens is 417 g/mol. The van der Waals surface area contributed by atoms with Crippen LogP contribution in [-0.4, -0.2) is 22.6 Å². The number of amides is 1. The molecule has 0 aliphatic carbocycles. The predicted molar refractivity (Wildman–Crippen MR) is 120 cm³/mol. The summed E-state index contributed by atoms with van der Waals surface area (Å²) in [6.45, 7) is 0.309. The first-order valence-corrected chi connectivity index (χ1v) is 9.52. The van der Waals surface area contributed by atoms with Gasteiger partial charge in [0.2, 0.25) is 0 Å². The largest absolute Gasteiger partial charge is 0.497 e. The zero-order valence-electron chi connectivity index (χ0n) is 16.7. The van der Waals surface area contributed by atoms with Crippen molar-refractivity contribution < 1.29 is 13.9 Å². The molecule has 0 atom stereocenters. The van der Waals surface area contributed by atoms with Gasteiger partial charge < -0.3 is 9.30 Å². The Labute approximate surface area is 185 Å². The molecule has 7 heteroatoms. The molecule has 4 aromatic rings. The highest BCUT2D eigenvalue weighted by Crippen LogP contribution is 2.39. The third-order valence-corrected chi connectivity index (χ3v) is 5.29. The van der Waals surface area contributed by atoms with Crippen molar-refractivity contribution in [1.82, 2.24) is 9.55 Å². The molecule has 156 valence electrons. The first-order valence-electron chi connectivity index (χ1n) is 9.52. The average molecular weight is 436 g/mol. The van der Waals surface area contributed by atoms with Gasteiger partial charge in [-0.15, -0.1) is 12.4 Å². The lowest BCUT2D eigenvalue weighted by Gasteiger charge is -2.31. The van der Waals surface area contributed by atoms with Gasteiger partial charge in [0.05, 0.1) is 24.7 Å². The van der Waals surface area contributed by atoms with E-state index in [0.717, 1.165) is 34.1 Å². The van der Waals surface area contributed by atoms with Gasteiger partial charge in [-0.25, -0.2) is 9.37 Å². The van der Waals surface area contributed by atoms with E-state index in [4.69, 9.17) is 4.74 Å². The molecule has 0 N–H and O–H groups in total. The summed E-state index contributed by atoms with van der Waals surface area (Å²) in [7, 11) is 1.63. The molecule has 0 fully saturated rings. The Hall–Kier alpha value is -3.64. The van der Waals surface area contributed by atoms with Crippen LogP contribution in [-0.2, 0) is 6.67 Å². The molecule has 0 spiro atoms. The summed E-state index contributed by atoms with van der Waals surface area (Å²) in [5, 5.41) is 0. The number of methoxy groups -OCH3 is 1. The van der Waals surface area contributed by atoms with Gasteiger partial charge in [0.1, 0.15) is 24.1 Å². The molecule has 0 unspecified atom stereocenters. The number of hydrogen-bond donors (Lipinski definition) is 0. The SMILES string of the molecule is COc1ccc(-c2ncc3n2CN(C(=O)c2ccc(F)cc2)c2ccccc2-3)cc1.Cl. The molecule has 31 heavy (non-hydrogen) atoms. The number of rotatable bonds is 3. The lowest BCUT2D eigenvalue weighted by Crippen LogP contribution is -2.36. The van der Waals surface area contributed by atoms with Gasteiger partial charge in [0, 0.05) is 16.7 Å². The van der Waals surface area contributed by atoms with E-state index in [1.54, 1.807) is 12.0 Å². The highest BCUT2D eigenvalue weighted by atomic mass is 35.5. The maximum absolute atomic E-state index is 13.3. The van der Waals surface area contributed by atoms with Crippen LogP contribution in [0.25, 0.3) is 22.6 Å². The van der Waals surface area contributed by atoms with Crippen molar-refractivity contribution in [3.05, 3.63) is 90.4 Å². The first kappa shape index (κ1) is 20.6. The molecule has 5 rings (SSSR count). The summed E-state index contributed by atoms with van der Waals surface area (Å²) in [5.74, 6) is 0.966. The van der Waals surface area contributed by atoms with E-state index in [9.17, 15) is 9.18 Å². The van der Waals surface area contributed by atoms with Gasteiger partial charge in [0.15, 0.2) is 0 Å². The smallest absolute Gasteiger partial charge is 0.259 e. The van der Waals surface area contributed by atoms with E-state index in [-0.39, 0.29) is 24.1 Å². The Kier molecular flexibility index (Phi) is 5.48. The Balaban J connectivity index is 0.00000231. The molecule has 0 saturated carbocycles. The Morgan fingerprint density at radius 3 is 2.42 bits per heavy atom. The van der Waals surface area contributed by atoms with E-state index >= 15 is 0 Å². The van der Waals surface area contributed by atoms with E-state index in [1.807, 2.05) is 59.3 Å². The van der Waals surface area contributed by atoms with Crippen molar-refractivity contribution >= 4 is 24.0 Å². The third kappa shape index (κ3) is 3.55. The minimum absolute atomic E-state index is 0. The Morgan fingerprint density at radius 2 is 1.71 bits per heavy atom. The number of aromatic nitrogens is 2. The van der Waals surface area contributed by atoms with Crippen LogP contribution in [0.1, 0.15) is 10.4 Å². The second-order valence-corrected chi connectivity index (χ2v) is 7.02. The van der Waals surface area contributed by atoms with Crippen LogP contribution in [0.15, 0.2) is 79.0 Å². The molecule has 1 aromatic heterocycles. The van der Waals surface area contributed by atoms with E-state index < -0.39 is 0 Å². The van der Waals surface area contributed by atoms with Crippen molar-refractivity contribution in [2.75, 3.05) is 12.0 Å². The number of fused-ring (bicyclic) bond motifs is 3. The van der Waals surface area contributed by atoms with Crippen LogP contribution in [0.4, 0.5) is 10.1 Å². The van der Waals surface area contributed by atoms with Crippen LogP contribution in [0.2, 0.25) is 0 Å². The number of hydrogen-bond acceptors (Lipinski definition) is 3. The second-order valence-electron chi connectivity index (χ2n) is 7.02. The number of anilines is 1. The number of nitrogens with zero attached hydrogens (tertiary/aromatic N) is 3. The lowest BCUT2D eigenvalue weighted by molar-refractivity contribution is 0.0979. The molecule has 2 heterocycles. The number of para-hydroxylation sites is 1. The standard InChI is InChI=1S/C24H18FN3O2.ClH/c1-30-19-12-8-16(9-13-19)23-26-14-22-20-4-2-3-5-21(20)28(15-27(22)23)24(29)17-6-10-18(25)11-7-17;/h2-14H,15H2,1H3;1H. The fraction of sp³-hybridized carbons (Fsp3) is 0.0833. The van der Waals surface area contributed by atoms with Crippen molar-refractivity contribution in [3.63, 3.8) is 0 Å². The molecule has 3 aromatic carbocycles. The first-order chi connectivity index (χ1) is 14.7. The second kappa shape index (κ2) is 8.24. The molecule has 5 nitrogen and oxygen atoms in total. The van der Waals surface area contributed by atoms with Crippen molar-refractivity contribution in [2.24, 2.45) is 0 Å². The zero-order chi connectivity index (χ0) is 20.7. The maximum atomic E-state index is 13.3. The highest BCUT2D eigenvalue weighted by Gasteiger charge is 2.29. The summed E-state index contributed by atoms with van der Waals surface area (Å²) in [5.41, 5.74) is 4.03. The molecule has 0 saturated heterocycles. The number of benzene rings is 3. The monoisotopic (exact) mass is 435 g/mol. The summed E-state index contributed by atoms with van der Waals surface area (Å²) in [6.07, 6.45) is 1.83. The molecule has 1 aliphatic heterocycles. The van der Waals surface area contributed by atoms with Gasteiger partial charge in [0.25, 0.3) is 5.91 Å². The zero-order valence-corrected chi connectivity index (χ0v) is 17.5. The van der Waals surface area contributed by atoms with Crippen molar-refractivity contribution in [1.29, 1.82) is 0 Å². The molecular formula is C24H19ClFN3O2. The summed E-state index contributed by atoms with van der Waals surface area (Å²) in [6, 6.07) is 21.0. The highest BCUT2D eigenvalue weighted by molar-refractivity contribution is 6.08. The van der Waals surface area contributed by atoms with E-state index in [0.29, 0.717) is 12.2 Å². The number of carbonyl (C=O) groups is 1. The maximum Gasteiger partial charge on any atom is 0.259 e. The number of carbonyl (C=O) groups excluding carboxylic acids is 1. The van der Waals surface area contributed by atoms with E-state index in [1.165, 1.54) is 24.3 Å². The van der Waals surface area contributed by atoms with Crippen molar-refractivity contribution in [2.45, 2.75) is 6.67 Å². The summed E-state index contributed by atoms with van der Waals surface area (Å²) < 4.78 is 20.6. The average Bonchev–Trinajstić information content (AvgIpc) is 3.23. The predicted octanol–water partition coefficient (Wildman–Crippen LogP) is 5.40. The lowest BCUT2D eigenvalue weighted by atomic mass is 10.1. The topological polar surface area (TPSA) is 47.4 Å². The summed E-state index contributed by atoms with van der Waals surface area (Å²) in [4.78, 5) is 19.6. The van der Waals surface area contributed by atoms with Crippen LogP contribution in [0.5, 0.6) is 5.75 Å². The number of imidazole rings is 1. The molecule has 1 aliphatic rings. The van der Waals surface area contributed by atoms with Gasteiger partial charge in [-0.05, 0) is 54.6 Å². The fourth-order valence-electron chi connectivity index (χ4n) is 3.77. The third-order valence-electron chi connectivity index (χ3n) is 5.29. The molecule has 0 bridgehead atoms. The summed E-state index contributed by atoms with van der Waals surface area (Å²) >= 11 is 0.